The molecule has 0 saturated carbocycles. The van der Waals surface area contributed by atoms with E-state index in [0.29, 0.717) is 5.69 Å². The first-order valence-corrected chi connectivity index (χ1v) is 6.04. The van der Waals surface area contributed by atoms with Gasteiger partial charge in [-0.3, -0.25) is 0 Å². The van der Waals surface area contributed by atoms with Crippen molar-refractivity contribution in [1.82, 2.24) is 20.0 Å². The highest BCUT2D eigenvalue weighted by atomic mass is 32.1. The van der Waals surface area contributed by atoms with Gasteiger partial charge in [0.15, 0.2) is 5.69 Å². The van der Waals surface area contributed by atoms with Crippen molar-refractivity contribution in [1.29, 1.82) is 0 Å². The van der Waals surface area contributed by atoms with E-state index in [2.05, 4.69) is 15.3 Å². The van der Waals surface area contributed by atoms with Crippen LogP contribution in [0.1, 0.15) is 16.2 Å². The zero-order valence-electron chi connectivity index (χ0n) is 9.36. The number of hydrogen-bond acceptors (Lipinski definition) is 5. The van der Waals surface area contributed by atoms with E-state index in [-0.39, 0.29) is 5.69 Å². The third-order valence-corrected chi connectivity index (χ3v) is 3.45. The molecule has 1 aromatic carbocycles. The van der Waals surface area contributed by atoms with Gasteiger partial charge in [0, 0.05) is 0 Å². The van der Waals surface area contributed by atoms with Gasteiger partial charge in [-0.25, -0.2) is 14.5 Å². The molecule has 7 heteroatoms. The number of fused-ring (bicyclic) bond motifs is 1. The Balaban J connectivity index is 2.16. The first-order valence-electron chi connectivity index (χ1n) is 5.16. The monoisotopic (exact) mass is 260 g/mol. The third-order valence-electron chi connectivity index (χ3n) is 2.66. The van der Waals surface area contributed by atoms with Crippen LogP contribution in [0.3, 0.4) is 0 Å². The van der Waals surface area contributed by atoms with Crippen LogP contribution in [0, 0.1) is 6.92 Å². The fourth-order valence-corrected chi connectivity index (χ4v) is 2.46. The van der Waals surface area contributed by atoms with E-state index >= 15 is 0 Å². The highest BCUT2D eigenvalue weighted by Crippen LogP contribution is 2.22. The molecular formula is C11H8N4O2S. The largest absolute Gasteiger partial charge is 0.476 e. The maximum atomic E-state index is 10.9. The Morgan fingerprint density at radius 1 is 1.44 bits per heavy atom. The van der Waals surface area contributed by atoms with Crippen molar-refractivity contribution in [2.75, 3.05) is 0 Å². The lowest BCUT2D eigenvalue weighted by Crippen LogP contribution is -2.02. The van der Waals surface area contributed by atoms with E-state index in [0.717, 1.165) is 15.9 Å². The van der Waals surface area contributed by atoms with Crippen molar-refractivity contribution < 1.29 is 9.90 Å². The molecular weight excluding hydrogens is 252 g/mol. The van der Waals surface area contributed by atoms with Crippen LogP contribution in [0.5, 0.6) is 0 Å². The number of carboxylic acids is 1. The number of rotatable bonds is 2. The maximum Gasteiger partial charge on any atom is 0.358 e. The van der Waals surface area contributed by atoms with Crippen LogP contribution in [0.4, 0.5) is 0 Å². The van der Waals surface area contributed by atoms with Gasteiger partial charge in [-0.2, -0.15) is 0 Å². The Bertz CT molecular complexity index is 746. The zero-order valence-corrected chi connectivity index (χ0v) is 10.2. The van der Waals surface area contributed by atoms with Gasteiger partial charge < -0.3 is 5.11 Å². The molecule has 0 aliphatic heterocycles. The normalized spacial score (nSPS) is 10.9. The van der Waals surface area contributed by atoms with Gasteiger partial charge in [0.05, 0.1) is 27.1 Å². The molecule has 3 rings (SSSR count). The topological polar surface area (TPSA) is 80.9 Å². The van der Waals surface area contributed by atoms with Crippen LogP contribution in [-0.2, 0) is 0 Å². The molecule has 90 valence electrons. The van der Waals surface area contributed by atoms with Crippen LogP contribution in [0.2, 0.25) is 0 Å². The average molecular weight is 260 g/mol. The smallest absolute Gasteiger partial charge is 0.358 e. The van der Waals surface area contributed by atoms with Gasteiger partial charge in [0.1, 0.15) is 0 Å². The molecule has 6 nitrogen and oxygen atoms in total. The second kappa shape index (κ2) is 3.88. The number of hydrogen-bond donors (Lipinski definition) is 1. The number of carboxylic acid groups (broad SMARTS) is 1. The summed E-state index contributed by atoms with van der Waals surface area (Å²) in [7, 11) is 0. The van der Waals surface area contributed by atoms with Crippen molar-refractivity contribution in [3.05, 3.63) is 35.1 Å². The zero-order chi connectivity index (χ0) is 12.7. The SMILES string of the molecule is Cc1c(C(=O)O)nnn1-c1ccc2ncsc2c1. The summed E-state index contributed by atoms with van der Waals surface area (Å²) in [5, 5.41) is 16.5. The highest BCUT2D eigenvalue weighted by molar-refractivity contribution is 7.16. The fourth-order valence-electron chi connectivity index (χ4n) is 1.75. The molecule has 2 heterocycles. The Morgan fingerprint density at radius 2 is 2.28 bits per heavy atom. The van der Waals surface area contributed by atoms with E-state index in [1.165, 1.54) is 16.0 Å². The summed E-state index contributed by atoms with van der Waals surface area (Å²) in [5.74, 6) is -1.07. The van der Waals surface area contributed by atoms with Crippen molar-refractivity contribution in [3.8, 4) is 5.69 Å². The first kappa shape index (κ1) is 10.8. The minimum absolute atomic E-state index is 0.0283. The van der Waals surface area contributed by atoms with Crippen molar-refractivity contribution >= 4 is 27.5 Å². The van der Waals surface area contributed by atoms with Crippen LogP contribution in [0.15, 0.2) is 23.7 Å². The Hall–Kier alpha value is -2.28. The van der Waals surface area contributed by atoms with E-state index in [4.69, 9.17) is 5.11 Å². The standard InChI is InChI=1S/C11H8N4O2S/c1-6-10(11(16)17)13-14-15(6)7-2-3-8-9(4-7)18-5-12-8/h2-5H,1H3,(H,16,17). The maximum absolute atomic E-state index is 10.9. The number of benzene rings is 1. The molecule has 0 aliphatic carbocycles. The van der Waals surface area contributed by atoms with Crippen LogP contribution in [-0.4, -0.2) is 31.1 Å². The molecule has 0 saturated heterocycles. The number of aromatic nitrogens is 4. The van der Waals surface area contributed by atoms with Crippen molar-refractivity contribution in [2.24, 2.45) is 0 Å². The van der Waals surface area contributed by atoms with E-state index in [1.807, 2.05) is 18.2 Å². The van der Waals surface area contributed by atoms with Crippen LogP contribution < -0.4 is 0 Å². The number of nitrogens with zero attached hydrogens (tertiary/aromatic N) is 4. The van der Waals surface area contributed by atoms with Gasteiger partial charge in [0.25, 0.3) is 0 Å². The molecule has 0 unspecified atom stereocenters. The second-order valence-corrected chi connectivity index (χ2v) is 4.63. The quantitative estimate of drug-likeness (QED) is 0.760. The van der Waals surface area contributed by atoms with Gasteiger partial charge in [-0.1, -0.05) is 5.21 Å². The Morgan fingerprint density at radius 3 is 3.00 bits per heavy atom. The summed E-state index contributed by atoms with van der Waals surface area (Å²) >= 11 is 1.53. The van der Waals surface area contributed by atoms with Gasteiger partial charge >= 0.3 is 5.97 Å². The van der Waals surface area contributed by atoms with Crippen molar-refractivity contribution in [2.45, 2.75) is 6.92 Å². The molecule has 1 N–H and O–H groups in total. The lowest BCUT2D eigenvalue weighted by atomic mass is 10.3. The number of aromatic carboxylic acids is 1. The second-order valence-electron chi connectivity index (χ2n) is 3.74. The molecule has 2 aromatic heterocycles. The lowest BCUT2D eigenvalue weighted by molar-refractivity contribution is 0.0689. The molecule has 0 radical (unpaired) electrons. The summed E-state index contributed by atoms with van der Waals surface area (Å²) in [6.45, 7) is 1.68. The predicted molar refractivity (Wildman–Crippen MR) is 66.2 cm³/mol. The highest BCUT2D eigenvalue weighted by Gasteiger charge is 2.16. The van der Waals surface area contributed by atoms with Gasteiger partial charge in [-0.15, -0.1) is 16.4 Å². The minimum Gasteiger partial charge on any atom is -0.476 e. The van der Waals surface area contributed by atoms with Crippen LogP contribution in [0.25, 0.3) is 15.9 Å². The summed E-state index contributed by atoms with van der Waals surface area (Å²) in [6.07, 6.45) is 0. The molecule has 0 fully saturated rings. The Labute approximate surface area is 106 Å². The number of thiazole rings is 1. The third kappa shape index (κ3) is 1.56. The summed E-state index contributed by atoms with van der Waals surface area (Å²) in [5.41, 5.74) is 3.95. The molecule has 3 aromatic rings. The molecule has 0 amide bonds. The van der Waals surface area contributed by atoms with E-state index in [9.17, 15) is 4.79 Å². The van der Waals surface area contributed by atoms with E-state index < -0.39 is 5.97 Å². The molecule has 0 spiro atoms. The van der Waals surface area contributed by atoms with E-state index in [1.54, 1.807) is 12.4 Å². The molecule has 0 bridgehead atoms. The fraction of sp³-hybridized carbons (Fsp3) is 0.0909. The molecule has 0 aliphatic rings. The minimum atomic E-state index is -1.07. The van der Waals surface area contributed by atoms with Gasteiger partial charge in [0.2, 0.25) is 0 Å². The molecule has 0 atom stereocenters. The lowest BCUT2D eigenvalue weighted by Gasteiger charge is -2.02. The summed E-state index contributed by atoms with van der Waals surface area (Å²) < 4.78 is 2.54. The van der Waals surface area contributed by atoms with Crippen LogP contribution >= 0.6 is 11.3 Å². The van der Waals surface area contributed by atoms with Crippen molar-refractivity contribution in [3.63, 3.8) is 0 Å². The molecule has 18 heavy (non-hydrogen) atoms. The summed E-state index contributed by atoms with van der Waals surface area (Å²) in [6, 6.07) is 5.64. The number of carbonyl (C=O) groups is 1. The predicted octanol–water partition coefficient (Wildman–Crippen LogP) is 1.88. The first-order chi connectivity index (χ1) is 8.66. The average Bonchev–Trinajstić information content (AvgIpc) is 2.93. The summed E-state index contributed by atoms with van der Waals surface area (Å²) in [4.78, 5) is 15.1. The van der Waals surface area contributed by atoms with Gasteiger partial charge in [-0.05, 0) is 25.1 Å². The Kier molecular flexibility index (Phi) is 2.34.